The molecule has 0 aromatic heterocycles. The Balaban J connectivity index is 1.61. The summed E-state index contributed by atoms with van der Waals surface area (Å²) >= 11 is 0. The Morgan fingerprint density at radius 2 is 2.24 bits per heavy atom. The first kappa shape index (κ1) is 12.8. The van der Waals surface area contributed by atoms with E-state index in [1.807, 2.05) is 6.92 Å². The lowest BCUT2D eigenvalue weighted by molar-refractivity contribution is -0.123. The van der Waals surface area contributed by atoms with Crippen molar-refractivity contribution in [2.75, 3.05) is 32.8 Å². The Kier molecular flexibility index (Phi) is 4.40. The van der Waals surface area contributed by atoms with Gasteiger partial charge >= 0.3 is 0 Å². The zero-order chi connectivity index (χ0) is 12.1. The van der Waals surface area contributed by atoms with Crippen LogP contribution in [0.3, 0.4) is 0 Å². The maximum Gasteiger partial charge on any atom is 0.223 e. The van der Waals surface area contributed by atoms with Gasteiger partial charge in [-0.25, -0.2) is 0 Å². The molecule has 0 aromatic rings. The van der Waals surface area contributed by atoms with Crippen LogP contribution in [-0.4, -0.2) is 38.8 Å². The zero-order valence-electron chi connectivity index (χ0n) is 10.8. The highest BCUT2D eigenvalue weighted by Gasteiger charge is 2.57. The number of hydrogen-bond donors (Lipinski definition) is 2. The van der Waals surface area contributed by atoms with E-state index in [4.69, 9.17) is 4.74 Å². The van der Waals surface area contributed by atoms with Crippen LogP contribution in [0.5, 0.6) is 0 Å². The van der Waals surface area contributed by atoms with E-state index < -0.39 is 0 Å². The summed E-state index contributed by atoms with van der Waals surface area (Å²) in [4.78, 5) is 11.9. The molecule has 0 radical (unpaired) electrons. The average molecular weight is 240 g/mol. The Bertz CT molecular complexity index is 262. The molecule has 2 aliphatic rings. The van der Waals surface area contributed by atoms with E-state index >= 15 is 0 Å². The van der Waals surface area contributed by atoms with Gasteiger partial charge in [-0.1, -0.05) is 0 Å². The van der Waals surface area contributed by atoms with Gasteiger partial charge in [0.05, 0.1) is 0 Å². The molecule has 0 bridgehead atoms. The van der Waals surface area contributed by atoms with Crippen molar-refractivity contribution in [3.05, 3.63) is 0 Å². The minimum absolute atomic E-state index is 0.267. The van der Waals surface area contributed by atoms with E-state index in [1.54, 1.807) is 0 Å². The second-order valence-electron chi connectivity index (χ2n) is 5.21. The summed E-state index contributed by atoms with van der Waals surface area (Å²) in [6.45, 7) is 6.40. The van der Waals surface area contributed by atoms with Crippen molar-refractivity contribution in [2.24, 2.45) is 11.3 Å². The zero-order valence-corrected chi connectivity index (χ0v) is 10.8. The van der Waals surface area contributed by atoms with E-state index in [-0.39, 0.29) is 11.8 Å². The van der Waals surface area contributed by atoms with Gasteiger partial charge in [-0.05, 0) is 51.1 Å². The normalized spacial score (nSPS) is 25.8. The predicted octanol–water partition coefficient (Wildman–Crippen LogP) is 0.919. The van der Waals surface area contributed by atoms with Gasteiger partial charge < -0.3 is 15.4 Å². The molecule has 1 unspecified atom stereocenters. The topological polar surface area (TPSA) is 50.4 Å². The van der Waals surface area contributed by atoms with Crippen molar-refractivity contribution in [2.45, 2.75) is 32.6 Å². The van der Waals surface area contributed by atoms with Gasteiger partial charge in [-0.2, -0.15) is 0 Å². The highest BCUT2D eigenvalue weighted by atomic mass is 16.5. The predicted molar refractivity (Wildman–Crippen MR) is 66.8 cm³/mol. The Morgan fingerprint density at radius 1 is 1.47 bits per heavy atom. The molecule has 1 atom stereocenters. The second kappa shape index (κ2) is 5.83. The van der Waals surface area contributed by atoms with E-state index in [0.717, 1.165) is 45.7 Å². The van der Waals surface area contributed by atoms with Gasteiger partial charge in [0.2, 0.25) is 5.91 Å². The Labute approximate surface area is 103 Å². The SMILES string of the molecule is CCOCCCNC(=O)C1CC12CCNCC2. The van der Waals surface area contributed by atoms with E-state index in [2.05, 4.69) is 10.6 Å². The molecule has 17 heavy (non-hydrogen) atoms. The molecule has 1 saturated heterocycles. The molecule has 1 spiro atoms. The monoisotopic (exact) mass is 240 g/mol. The van der Waals surface area contributed by atoms with Gasteiger partial charge in [0.15, 0.2) is 0 Å². The third-order valence-electron chi connectivity index (χ3n) is 4.07. The third-order valence-corrected chi connectivity index (χ3v) is 4.07. The lowest BCUT2D eigenvalue weighted by Gasteiger charge is -2.23. The fourth-order valence-corrected chi connectivity index (χ4v) is 2.85. The van der Waals surface area contributed by atoms with Crippen molar-refractivity contribution in [3.63, 3.8) is 0 Å². The fourth-order valence-electron chi connectivity index (χ4n) is 2.85. The summed E-state index contributed by atoms with van der Waals surface area (Å²) in [5, 5.41) is 6.39. The highest BCUT2D eigenvalue weighted by molar-refractivity contribution is 5.82. The molecule has 98 valence electrons. The first-order valence-corrected chi connectivity index (χ1v) is 6.85. The summed E-state index contributed by atoms with van der Waals surface area (Å²) in [7, 11) is 0. The van der Waals surface area contributed by atoms with Gasteiger partial charge in [0.1, 0.15) is 0 Å². The van der Waals surface area contributed by atoms with Crippen LogP contribution in [0.4, 0.5) is 0 Å². The molecule has 1 aliphatic carbocycles. The summed E-state index contributed by atoms with van der Waals surface area (Å²) in [5.74, 6) is 0.556. The summed E-state index contributed by atoms with van der Waals surface area (Å²) in [6, 6.07) is 0. The smallest absolute Gasteiger partial charge is 0.223 e. The summed E-state index contributed by atoms with van der Waals surface area (Å²) < 4.78 is 5.24. The lowest BCUT2D eigenvalue weighted by Crippen LogP contribution is -2.34. The minimum Gasteiger partial charge on any atom is -0.382 e. The molecule has 0 aromatic carbocycles. The van der Waals surface area contributed by atoms with Crippen molar-refractivity contribution < 1.29 is 9.53 Å². The van der Waals surface area contributed by atoms with Crippen LogP contribution in [0.15, 0.2) is 0 Å². The average Bonchev–Trinajstić information content (AvgIpc) is 3.03. The maximum absolute atomic E-state index is 11.9. The Morgan fingerprint density at radius 3 is 2.94 bits per heavy atom. The number of carbonyl (C=O) groups is 1. The van der Waals surface area contributed by atoms with E-state index in [0.29, 0.717) is 5.41 Å². The number of carbonyl (C=O) groups excluding carboxylic acids is 1. The highest BCUT2D eigenvalue weighted by Crippen LogP contribution is 2.58. The minimum atomic E-state index is 0.267. The Hall–Kier alpha value is -0.610. The van der Waals surface area contributed by atoms with Crippen LogP contribution in [0.2, 0.25) is 0 Å². The summed E-state index contributed by atoms with van der Waals surface area (Å²) in [5.41, 5.74) is 0.356. The largest absolute Gasteiger partial charge is 0.382 e. The third kappa shape index (κ3) is 3.19. The van der Waals surface area contributed by atoms with Crippen LogP contribution < -0.4 is 10.6 Å². The number of nitrogens with one attached hydrogen (secondary N) is 2. The van der Waals surface area contributed by atoms with Crippen LogP contribution in [0.25, 0.3) is 0 Å². The number of ether oxygens (including phenoxy) is 1. The standard InChI is InChI=1S/C13H24N2O2/c1-2-17-9-3-6-15-12(16)11-10-13(11)4-7-14-8-5-13/h11,14H,2-10H2,1H3,(H,15,16). The number of rotatable bonds is 6. The van der Waals surface area contributed by atoms with Crippen LogP contribution in [-0.2, 0) is 9.53 Å². The van der Waals surface area contributed by atoms with Crippen molar-refractivity contribution in [3.8, 4) is 0 Å². The van der Waals surface area contributed by atoms with Gasteiger partial charge in [-0.15, -0.1) is 0 Å². The number of piperidine rings is 1. The first-order chi connectivity index (χ1) is 8.28. The number of hydrogen-bond acceptors (Lipinski definition) is 3. The quantitative estimate of drug-likeness (QED) is 0.679. The second-order valence-corrected chi connectivity index (χ2v) is 5.21. The van der Waals surface area contributed by atoms with Gasteiger partial charge in [0, 0.05) is 25.7 Å². The van der Waals surface area contributed by atoms with Gasteiger partial charge in [0.25, 0.3) is 0 Å². The molecule has 4 heteroatoms. The van der Waals surface area contributed by atoms with Crippen LogP contribution in [0.1, 0.15) is 32.6 Å². The summed E-state index contributed by atoms with van der Waals surface area (Å²) in [6.07, 6.45) is 4.36. The van der Waals surface area contributed by atoms with Crippen molar-refractivity contribution in [1.82, 2.24) is 10.6 Å². The molecule has 1 heterocycles. The van der Waals surface area contributed by atoms with E-state index in [1.165, 1.54) is 12.8 Å². The van der Waals surface area contributed by atoms with Crippen LogP contribution >= 0.6 is 0 Å². The molecule has 2 fully saturated rings. The lowest BCUT2D eigenvalue weighted by atomic mass is 9.92. The van der Waals surface area contributed by atoms with Crippen molar-refractivity contribution >= 4 is 5.91 Å². The molecule has 2 rings (SSSR count). The number of amides is 1. The molecular formula is C13H24N2O2. The van der Waals surface area contributed by atoms with E-state index in [9.17, 15) is 4.79 Å². The van der Waals surface area contributed by atoms with Crippen molar-refractivity contribution in [1.29, 1.82) is 0 Å². The van der Waals surface area contributed by atoms with Crippen LogP contribution in [0, 0.1) is 11.3 Å². The molecule has 1 amide bonds. The first-order valence-electron chi connectivity index (χ1n) is 6.85. The maximum atomic E-state index is 11.9. The van der Waals surface area contributed by atoms with Gasteiger partial charge in [-0.3, -0.25) is 4.79 Å². The molecule has 1 aliphatic heterocycles. The molecule has 2 N–H and O–H groups in total. The fraction of sp³-hybridized carbons (Fsp3) is 0.923. The molecule has 1 saturated carbocycles. The molecular weight excluding hydrogens is 216 g/mol. The molecule has 4 nitrogen and oxygen atoms in total.